The summed E-state index contributed by atoms with van der Waals surface area (Å²) in [5, 5.41) is 4.59. The number of nitrogens with two attached hydrogens (primary N) is 1. The first-order chi connectivity index (χ1) is 20.6. The lowest BCUT2D eigenvalue weighted by atomic mass is 10.0. The van der Waals surface area contributed by atoms with E-state index in [-0.39, 0.29) is 11.7 Å². The molecule has 0 spiro atoms. The van der Waals surface area contributed by atoms with Crippen LogP contribution in [-0.2, 0) is 11.3 Å². The Balaban J connectivity index is 0.966. The van der Waals surface area contributed by atoms with E-state index in [0.717, 1.165) is 86.3 Å². The summed E-state index contributed by atoms with van der Waals surface area (Å²) in [6.45, 7) is 6.56. The highest BCUT2D eigenvalue weighted by Crippen LogP contribution is 2.30. The SMILES string of the molecule is Nc1c(-c2nc3ccc(N4CCC(NCC5CN(Cc6ccccc6)CCO5)CC4)cc3[nH]2)c(=O)[nH]c2ccccc12. The molecule has 2 aliphatic rings. The van der Waals surface area contributed by atoms with Gasteiger partial charge in [0.1, 0.15) is 11.4 Å². The normalized spacial score (nSPS) is 18.7. The fraction of sp³-hybridized carbons (Fsp3) is 0.333. The van der Waals surface area contributed by atoms with Crippen LogP contribution in [0.2, 0.25) is 0 Å². The monoisotopic (exact) mass is 563 g/mol. The number of anilines is 2. The number of aromatic nitrogens is 3. The van der Waals surface area contributed by atoms with Gasteiger partial charge in [-0.1, -0.05) is 48.5 Å². The highest BCUT2D eigenvalue weighted by atomic mass is 16.5. The van der Waals surface area contributed by atoms with Crippen LogP contribution in [0, 0.1) is 0 Å². The molecule has 0 aliphatic carbocycles. The van der Waals surface area contributed by atoms with Crippen LogP contribution in [0.1, 0.15) is 18.4 Å². The van der Waals surface area contributed by atoms with Gasteiger partial charge in [0.2, 0.25) is 0 Å². The Morgan fingerprint density at radius 3 is 2.62 bits per heavy atom. The number of para-hydroxylation sites is 1. The van der Waals surface area contributed by atoms with Crippen molar-refractivity contribution in [2.24, 2.45) is 0 Å². The minimum atomic E-state index is -0.248. The number of pyridine rings is 1. The highest BCUT2D eigenvalue weighted by molar-refractivity contribution is 5.97. The summed E-state index contributed by atoms with van der Waals surface area (Å²) in [6, 6.07) is 25.0. The number of ether oxygens (including phenoxy) is 1. The van der Waals surface area contributed by atoms with Crippen molar-refractivity contribution in [3.63, 3.8) is 0 Å². The van der Waals surface area contributed by atoms with Crippen molar-refractivity contribution >= 4 is 33.3 Å². The molecule has 0 amide bonds. The van der Waals surface area contributed by atoms with Crippen LogP contribution >= 0.6 is 0 Å². The van der Waals surface area contributed by atoms with Crippen LogP contribution in [0.5, 0.6) is 0 Å². The van der Waals surface area contributed by atoms with E-state index in [0.29, 0.717) is 23.1 Å². The van der Waals surface area contributed by atoms with Crippen molar-refractivity contribution in [2.75, 3.05) is 50.0 Å². The number of rotatable bonds is 7. The molecule has 2 aliphatic heterocycles. The molecule has 216 valence electrons. The fourth-order valence-electron chi connectivity index (χ4n) is 6.35. The van der Waals surface area contributed by atoms with Crippen molar-refractivity contribution in [2.45, 2.75) is 31.5 Å². The number of morpholine rings is 1. The third kappa shape index (κ3) is 5.51. The number of aromatic amines is 2. The van der Waals surface area contributed by atoms with Crippen LogP contribution in [0.15, 0.2) is 77.6 Å². The van der Waals surface area contributed by atoms with Gasteiger partial charge in [-0.15, -0.1) is 0 Å². The quantitative estimate of drug-likeness (QED) is 0.236. The molecule has 2 saturated heterocycles. The number of hydrogen-bond acceptors (Lipinski definition) is 7. The Kier molecular flexibility index (Phi) is 7.37. The molecule has 0 saturated carbocycles. The van der Waals surface area contributed by atoms with E-state index in [1.54, 1.807) is 0 Å². The van der Waals surface area contributed by atoms with Gasteiger partial charge in [0.05, 0.1) is 34.9 Å². The molecule has 1 atom stereocenters. The Bertz CT molecular complexity index is 1740. The molecule has 4 heterocycles. The van der Waals surface area contributed by atoms with Crippen molar-refractivity contribution in [3.8, 4) is 11.4 Å². The Morgan fingerprint density at radius 2 is 1.76 bits per heavy atom. The topological polar surface area (TPSA) is 115 Å². The van der Waals surface area contributed by atoms with Gasteiger partial charge < -0.3 is 30.7 Å². The smallest absolute Gasteiger partial charge is 0.261 e. The summed E-state index contributed by atoms with van der Waals surface area (Å²) in [6.07, 6.45) is 2.38. The highest BCUT2D eigenvalue weighted by Gasteiger charge is 2.24. The third-order valence-electron chi connectivity index (χ3n) is 8.63. The second-order valence-electron chi connectivity index (χ2n) is 11.5. The number of nitrogens with one attached hydrogen (secondary N) is 3. The number of nitrogens with zero attached hydrogens (tertiary/aromatic N) is 3. The maximum absolute atomic E-state index is 12.9. The maximum Gasteiger partial charge on any atom is 0.261 e. The number of fused-ring (bicyclic) bond motifs is 2. The predicted molar refractivity (Wildman–Crippen MR) is 169 cm³/mol. The van der Waals surface area contributed by atoms with Crippen LogP contribution in [0.3, 0.4) is 0 Å². The summed E-state index contributed by atoms with van der Waals surface area (Å²) >= 11 is 0. The molecule has 2 aromatic heterocycles. The first kappa shape index (κ1) is 26.7. The number of hydrogen-bond donors (Lipinski definition) is 4. The zero-order valence-corrected chi connectivity index (χ0v) is 23.7. The number of benzene rings is 3. The van der Waals surface area contributed by atoms with E-state index < -0.39 is 0 Å². The molecular weight excluding hydrogens is 526 g/mol. The van der Waals surface area contributed by atoms with Crippen molar-refractivity contribution in [1.29, 1.82) is 0 Å². The zero-order valence-electron chi connectivity index (χ0n) is 23.7. The Hall–Kier alpha value is -4.18. The van der Waals surface area contributed by atoms with Crippen molar-refractivity contribution < 1.29 is 4.74 Å². The molecule has 0 radical (unpaired) electrons. The largest absolute Gasteiger partial charge is 0.397 e. The number of nitrogen functional groups attached to an aromatic ring is 1. The summed E-state index contributed by atoms with van der Waals surface area (Å²) in [5.41, 5.74) is 11.9. The molecule has 7 rings (SSSR count). The Morgan fingerprint density at radius 1 is 0.952 bits per heavy atom. The van der Waals surface area contributed by atoms with Gasteiger partial charge in [-0.05, 0) is 42.7 Å². The lowest BCUT2D eigenvalue weighted by molar-refractivity contribution is -0.0312. The van der Waals surface area contributed by atoms with Crippen LogP contribution in [-0.4, -0.2) is 71.3 Å². The lowest BCUT2D eigenvalue weighted by Crippen LogP contribution is -2.50. The van der Waals surface area contributed by atoms with Crippen molar-refractivity contribution in [1.82, 2.24) is 25.2 Å². The van der Waals surface area contributed by atoms with Crippen LogP contribution in [0.25, 0.3) is 33.3 Å². The second-order valence-corrected chi connectivity index (χ2v) is 11.5. The zero-order chi connectivity index (χ0) is 28.5. The van der Waals surface area contributed by atoms with E-state index in [1.807, 2.05) is 30.3 Å². The van der Waals surface area contributed by atoms with Gasteiger partial charge in [-0.2, -0.15) is 0 Å². The molecule has 0 bridgehead atoms. The molecule has 1 unspecified atom stereocenters. The Labute approximate surface area is 244 Å². The predicted octanol–water partition coefficient (Wildman–Crippen LogP) is 4.11. The summed E-state index contributed by atoms with van der Waals surface area (Å²) in [7, 11) is 0. The summed E-state index contributed by atoms with van der Waals surface area (Å²) in [5.74, 6) is 0.488. The van der Waals surface area contributed by atoms with E-state index in [4.69, 9.17) is 15.5 Å². The molecule has 5 N–H and O–H groups in total. The fourth-order valence-corrected chi connectivity index (χ4v) is 6.35. The van der Waals surface area contributed by atoms with Gasteiger partial charge in [0.15, 0.2) is 0 Å². The molecule has 42 heavy (non-hydrogen) atoms. The second kappa shape index (κ2) is 11.6. The summed E-state index contributed by atoms with van der Waals surface area (Å²) < 4.78 is 6.08. The van der Waals surface area contributed by atoms with E-state index in [2.05, 4.69) is 67.5 Å². The van der Waals surface area contributed by atoms with Gasteiger partial charge >= 0.3 is 0 Å². The first-order valence-electron chi connectivity index (χ1n) is 14.9. The van der Waals surface area contributed by atoms with Gasteiger partial charge in [0.25, 0.3) is 5.56 Å². The third-order valence-corrected chi connectivity index (χ3v) is 8.63. The number of piperidine rings is 1. The summed E-state index contributed by atoms with van der Waals surface area (Å²) in [4.78, 5) is 28.8. The molecule has 3 aromatic carbocycles. The van der Waals surface area contributed by atoms with Crippen molar-refractivity contribution in [3.05, 3.63) is 88.7 Å². The molecule has 2 fully saturated rings. The van der Waals surface area contributed by atoms with Gasteiger partial charge in [-0.25, -0.2) is 4.98 Å². The van der Waals surface area contributed by atoms with E-state index in [9.17, 15) is 4.79 Å². The maximum atomic E-state index is 12.9. The average Bonchev–Trinajstić information content (AvgIpc) is 3.44. The number of H-pyrrole nitrogens is 2. The standard InChI is InChI=1S/C33H37N7O2/c34-31-26-8-4-5-9-27(26)38-33(41)30(31)32-36-28-11-10-24(18-29(28)37-32)40-14-12-23(13-15-40)35-19-25-21-39(16-17-42-25)20-22-6-2-1-3-7-22/h1-11,18,23,25,35H,12-17,19-21H2,(H,36,37)(H3,34,38,41). The minimum Gasteiger partial charge on any atom is -0.397 e. The van der Waals surface area contributed by atoms with Crippen LogP contribution in [0.4, 0.5) is 11.4 Å². The lowest BCUT2D eigenvalue weighted by Gasteiger charge is -2.36. The van der Waals surface area contributed by atoms with E-state index >= 15 is 0 Å². The molecular formula is C33H37N7O2. The minimum absolute atomic E-state index is 0.223. The molecule has 5 aromatic rings. The van der Waals surface area contributed by atoms with Gasteiger partial charge in [0, 0.05) is 56.4 Å². The molecule has 9 heteroatoms. The first-order valence-corrected chi connectivity index (χ1v) is 14.9. The molecule has 9 nitrogen and oxygen atoms in total. The number of imidazole rings is 1. The van der Waals surface area contributed by atoms with Gasteiger partial charge in [-0.3, -0.25) is 9.69 Å². The van der Waals surface area contributed by atoms with Crippen LogP contribution < -0.4 is 21.5 Å². The van der Waals surface area contributed by atoms with E-state index in [1.165, 1.54) is 5.56 Å². The average molecular weight is 564 g/mol.